The average Bonchev–Trinajstić information content (AvgIpc) is 2.71. The highest BCUT2D eigenvalue weighted by molar-refractivity contribution is 5.20. The maximum Gasteiger partial charge on any atom is 0.0641 e. The summed E-state index contributed by atoms with van der Waals surface area (Å²) in [6, 6.07) is 0.323. The molecule has 1 aliphatic rings. The molecule has 1 unspecified atom stereocenters. The number of hydrogen-bond acceptors (Lipinski definition) is 4. The minimum atomic E-state index is 0.323. The Balaban J connectivity index is 1.99. The Morgan fingerprint density at radius 3 is 2.50 bits per heavy atom. The quantitative estimate of drug-likeness (QED) is 0.874. The summed E-state index contributed by atoms with van der Waals surface area (Å²) in [5, 5.41) is 4.46. The summed E-state index contributed by atoms with van der Waals surface area (Å²) in [7, 11) is 6.30. The third-order valence-electron chi connectivity index (χ3n) is 4.35. The fourth-order valence-corrected chi connectivity index (χ4v) is 3.38. The van der Waals surface area contributed by atoms with Gasteiger partial charge in [-0.15, -0.1) is 0 Å². The van der Waals surface area contributed by atoms with Crippen LogP contribution < -0.4 is 5.73 Å². The lowest BCUT2D eigenvalue weighted by Crippen LogP contribution is -2.41. The average molecular weight is 279 g/mol. The minimum absolute atomic E-state index is 0.323. The van der Waals surface area contributed by atoms with E-state index in [1.807, 2.05) is 11.7 Å². The predicted octanol–water partition coefficient (Wildman–Crippen LogP) is 1.00. The first-order valence-electron chi connectivity index (χ1n) is 7.60. The summed E-state index contributed by atoms with van der Waals surface area (Å²) in [5.41, 5.74) is 8.44. The molecule has 5 heteroatoms. The molecule has 1 atom stereocenters. The van der Waals surface area contributed by atoms with E-state index >= 15 is 0 Å². The number of aromatic nitrogens is 2. The van der Waals surface area contributed by atoms with Crippen LogP contribution in [0.2, 0.25) is 0 Å². The third-order valence-corrected chi connectivity index (χ3v) is 4.35. The number of hydrogen-bond donors (Lipinski definition) is 1. The molecule has 0 spiro atoms. The second-order valence-electron chi connectivity index (χ2n) is 6.34. The lowest BCUT2D eigenvalue weighted by Gasteiger charge is -2.37. The zero-order chi connectivity index (χ0) is 14.7. The molecule has 0 radical (unpaired) electrons. The zero-order valence-electron chi connectivity index (χ0n) is 13.3. The van der Waals surface area contributed by atoms with Gasteiger partial charge < -0.3 is 10.6 Å². The molecule has 1 fully saturated rings. The summed E-state index contributed by atoms with van der Waals surface area (Å²) < 4.78 is 1.89. The molecule has 20 heavy (non-hydrogen) atoms. The highest BCUT2D eigenvalue weighted by atomic mass is 15.3. The number of piperidine rings is 1. The van der Waals surface area contributed by atoms with E-state index in [0.29, 0.717) is 12.6 Å². The molecular formula is C15H29N5. The van der Waals surface area contributed by atoms with Crippen molar-refractivity contribution in [3.05, 3.63) is 17.5 Å². The number of rotatable bonds is 5. The number of likely N-dealkylation sites (tertiary alicyclic amines) is 1. The van der Waals surface area contributed by atoms with Crippen LogP contribution in [0.4, 0.5) is 0 Å². The van der Waals surface area contributed by atoms with Crippen LogP contribution in [0.3, 0.4) is 0 Å². The summed E-state index contributed by atoms with van der Waals surface area (Å²) in [4.78, 5) is 4.84. The molecule has 0 saturated carbocycles. The third kappa shape index (κ3) is 3.59. The van der Waals surface area contributed by atoms with Crippen LogP contribution in [0.15, 0.2) is 6.20 Å². The molecule has 2 heterocycles. The number of nitrogens with zero attached hydrogens (tertiary/aromatic N) is 4. The smallest absolute Gasteiger partial charge is 0.0641 e. The number of nitrogens with two attached hydrogens (primary N) is 1. The van der Waals surface area contributed by atoms with Crippen LogP contribution in [0, 0.1) is 12.8 Å². The summed E-state index contributed by atoms with van der Waals surface area (Å²) in [5.74, 6) is 0.828. The molecule has 1 aromatic rings. The molecule has 2 rings (SSSR count). The minimum Gasteiger partial charge on any atom is -0.329 e. The lowest BCUT2D eigenvalue weighted by molar-refractivity contribution is 0.122. The second kappa shape index (κ2) is 6.70. The largest absolute Gasteiger partial charge is 0.329 e. The summed E-state index contributed by atoms with van der Waals surface area (Å²) >= 11 is 0. The molecule has 2 N–H and O–H groups in total. The van der Waals surface area contributed by atoms with Crippen LogP contribution in [-0.4, -0.2) is 59.9 Å². The van der Waals surface area contributed by atoms with Gasteiger partial charge in [0.05, 0.1) is 11.7 Å². The molecule has 1 aromatic heterocycles. The van der Waals surface area contributed by atoms with E-state index < -0.39 is 0 Å². The molecule has 0 amide bonds. The fourth-order valence-electron chi connectivity index (χ4n) is 3.38. The van der Waals surface area contributed by atoms with Crippen molar-refractivity contribution in [2.24, 2.45) is 18.7 Å². The molecule has 0 aromatic carbocycles. The standard InChI is InChI=1S/C15H29N5/c1-12-14(11-19(4)17-12)15(9-16)20-7-5-13(6-8-20)10-18(2)3/h11,13,15H,5-10,16H2,1-4H3. The van der Waals surface area contributed by atoms with Gasteiger partial charge in [0.1, 0.15) is 0 Å². The fraction of sp³-hybridized carbons (Fsp3) is 0.800. The molecular weight excluding hydrogens is 250 g/mol. The lowest BCUT2D eigenvalue weighted by atomic mass is 9.94. The van der Waals surface area contributed by atoms with Gasteiger partial charge in [0.15, 0.2) is 0 Å². The van der Waals surface area contributed by atoms with Crippen LogP contribution in [0.1, 0.15) is 30.1 Å². The van der Waals surface area contributed by atoms with E-state index in [-0.39, 0.29) is 0 Å². The molecule has 0 aliphatic carbocycles. The van der Waals surface area contributed by atoms with Crippen LogP contribution in [-0.2, 0) is 7.05 Å². The SMILES string of the molecule is Cc1nn(C)cc1C(CN)N1CCC(CN(C)C)CC1. The molecule has 114 valence electrons. The van der Waals surface area contributed by atoms with Gasteiger partial charge >= 0.3 is 0 Å². The Morgan fingerprint density at radius 2 is 2.05 bits per heavy atom. The van der Waals surface area contributed by atoms with Crippen molar-refractivity contribution in [3.63, 3.8) is 0 Å². The summed E-state index contributed by atoms with van der Waals surface area (Å²) in [6.45, 7) is 6.25. The first-order valence-corrected chi connectivity index (χ1v) is 7.60. The number of aryl methyl sites for hydroxylation is 2. The van der Waals surface area contributed by atoms with E-state index in [1.165, 1.54) is 24.9 Å². The van der Waals surface area contributed by atoms with Crippen molar-refractivity contribution < 1.29 is 0 Å². The maximum atomic E-state index is 6.04. The molecule has 1 aliphatic heterocycles. The Kier molecular flexibility index (Phi) is 5.18. The van der Waals surface area contributed by atoms with Gasteiger partial charge in [-0.25, -0.2) is 0 Å². The molecule has 0 bridgehead atoms. The summed E-state index contributed by atoms with van der Waals surface area (Å²) in [6.07, 6.45) is 4.67. The van der Waals surface area contributed by atoms with Crippen molar-refractivity contribution >= 4 is 0 Å². The molecule has 1 saturated heterocycles. The second-order valence-corrected chi connectivity index (χ2v) is 6.34. The van der Waals surface area contributed by atoms with Crippen molar-refractivity contribution in [2.75, 3.05) is 40.3 Å². The molecule has 5 nitrogen and oxygen atoms in total. The van der Waals surface area contributed by atoms with E-state index in [4.69, 9.17) is 5.73 Å². The van der Waals surface area contributed by atoms with Gasteiger partial charge in [-0.2, -0.15) is 5.10 Å². The van der Waals surface area contributed by atoms with Crippen molar-refractivity contribution in [1.82, 2.24) is 19.6 Å². The van der Waals surface area contributed by atoms with Crippen molar-refractivity contribution in [3.8, 4) is 0 Å². The highest BCUT2D eigenvalue weighted by Crippen LogP contribution is 2.27. The Hall–Kier alpha value is -0.910. The first kappa shape index (κ1) is 15.5. The Bertz CT molecular complexity index is 418. The van der Waals surface area contributed by atoms with E-state index in [1.54, 1.807) is 0 Å². The van der Waals surface area contributed by atoms with Crippen LogP contribution in [0.25, 0.3) is 0 Å². The van der Waals surface area contributed by atoms with Gasteiger partial charge in [0.25, 0.3) is 0 Å². The topological polar surface area (TPSA) is 50.3 Å². The van der Waals surface area contributed by atoms with Gasteiger partial charge in [-0.05, 0) is 52.9 Å². The van der Waals surface area contributed by atoms with Gasteiger partial charge in [0.2, 0.25) is 0 Å². The van der Waals surface area contributed by atoms with Crippen molar-refractivity contribution in [1.29, 1.82) is 0 Å². The Labute approximate surface area is 122 Å². The van der Waals surface area contributed by atoms with Gasteiger partial charge in [-0.1, -0.05) is 0 Å². The van der Waals surface area contributed by atoms with Gasteiger partial charge in [0, 0.05) is 31.9 Å². The van der Waals surface area contributed by atoms with E-state index in [2.05, 4.69) is 42.1 Å². The monoisotopic (exact) mass is 279 g/mol. The first-order chi connectivity index (χ1) is 9.51. The highest BCUT2D eigenvalue weighted by Gasteiger charge is 2.27. The zero-order valence-corrected chi connectivity index (χ0v) is 13.3. The van der Waals surface area contributed by atoms with Crippen LogP contribution >= 0.6 is 0 Å². The van der Waals surface area contributed by atoms with E-state index in [0.717, 1.165) is 24.7 Å². The Morgan fingerprint density at radius 1 is 1.40 bits per heavy atom. The maximum absolute atomic E-state index is 6.04. The van der Waals surface area contributed by atoms with Crippen molar-refractivity contribution in [2.45, 2.75) is 25.8 Å². The van der Waals surface area contributed by atoms with E-state index in [9.17, 15) is 0 Å². The predicted molar refractivity (Wildman–Crippen MR) is 82.6 cm³/mol. The van der Waals surface area contributed by atoms with Crippen LogP contribution in [0.5, 0.6) is 0 Å². The van der Waals surface area contributed by atoms with Gasteiger partial charge in [-0.3, -0.25) is 9.58 Å². The normalized spacial score (nSPS) is 19.7.